The molecule has 0 saturated heterocycles. The number of aromatic nitrogens is 3. The van der Waals surface area contributed by atoms with E-state index in [1.807, 2.05) is 0 Å². The number of hydrogen-bond donors (Lipinski definition) is 1. The number of anilines is 1. The van der Waals surface area contributed by atoms with Gasteiger partial charge in [-0.1, -0.05) is 13.8 Å². The van der Waals surface area contributed by atoms with Crippen LogP contribution in [-0.2, 0) is 24.1 Å². The minimum atomic E-state index is -3.86. The molecule has 182 valence electrons. The lowest BCUT2D eigenvalue weighted by molar-refractivity contribution is 0.102. The molecule has 2 aromatic heterocycles. The molecule has 0 saturated carbocycles. The van der Waals surface area contributed by atoms with Gasteiger partial charge in [0.05, 0.1) is 12.0 Å². The summed E-state index contributed by atoms with van der Waals surface area (Å²) in [6, 6.07) is 7.13. The molecule has 3 aromatic rings. The fourth-order valence-electron chi connectivity index (χ4n) is 3.54. The molecule has 0 bridgehead atoms. The molecule has 0 aliphatic heterocycles. The summed E-state index contributed by atoms with van der Waals surface area (Å²) in [7, 11) is -1.04. The Kier molecular flexibility index (Phi) is 7.22. The van der Waals surface area contributed by atoms with E-state index in [9.17, 15) is 22.8 Å². The van der Waals surface area contributed by atoms with E-state index in [2.05, 4.69) is 10.3 Å². The maximum absolute atomic E-state index is 13.1. The summed E-state index contributed by atoms with van der Waals surface area (Å²) in [4.78, 5) is 41.6. The standard InChI is InChI=1S/C22H27N5O6S/c1-6-27(7-2)34(31,32)18-13-14(9-12-17(18)33-8-3)23-20(28)16-11-10-15-19(24-16)25(4)22(30)26(5)21(15)29/h9-13H,6-8H2,1-5H3,(H,23,28). The third-order valence-corrected chi connectivity index (χ3v) is 7.43. The van der Waals surface area contributed by atoms with Crippen molar-refractivity contribution < 1.29 is 17.9 Å². The van der Waals surface area contributed by atoms with Gasteiger partial charge in [-0.25, -0.2) is 18.2 Å². The van der Waals surface area contributed by atoms with Crippen molar-refractivity contribution in [3.8, 4) is 5.75 Å². The maximum atomic E-state index is 13.1. The summed E-state index contributed by atoms with van der Waals surface area (Å²) >= 11 is 0. The zero-order valence-electron chi connectivity index (χ0n) is 19.7. The van der Waals surface area contributed by atoms with E-state index in [4.69, 9.17) is 4.74 Å². The molecule has 0 radical (unpaired) electrons. The molecule has 1 aromatic carbocycles. The molecule has 0 aliphatic rings. The van der Waals surface area contributed by atoms with Gasteiger partial charge in [-0.2, -0.15) is 4.31 Å². The number of rotatable bonds is 8. The maximum Gasteiger partial charge on any atom is 0.332 e. The molecule has 0 spiro atoms. The van der Waals surface area contributed by atoms with E-state index in [0.717, 1.165) is 4.57 Å². The molecule has 2 heterocycles. The van der Waals surface area contributed by atoms with Gasteiger partial charge in [-0.3, -0.25) is 18.7 Å². The van der Waals surface area contributed by atoms with Gasteiger partial charge in [-0.05, 0) is 37.3 Å². The van der Waals surface area contributed by atoms with Crippen molar-refractivity contribution in [2.75, 3.05) is 25.0 Å². The topological polar surface area (TPSA) is 133 Å². The molecule has 0 aliphatic carbocycles. The highest BCUT2D eigenvalue weighted by atomic mass is 32.2. The molecule has 0 unspecified atom stereocenters. The quantitative estimate of drug-likeness (QED) is 0.504. The molecule has 1 amide bonds. The number of sulfonamides is 1. The average molecular weight is 490 g/mol. The fourth-order valence-corrected chi connectivity index (χ4v) is 5.16. The number of pyridine rings is 1. The van der Waals surface area contributed by atoms with E-state index in [0.29, 0.717) is 0 Å². The van der Waals surface area contributed by atoms with Crippen molar-refractivity contribution >= 4 is 32.7 Å². The van der Waals surface area contributed by atoms with Crippen LogP contribution in [0.1, 0.15) is 31.3 Å². The highest BCUT2D eigenvalue weighted by Gasteiger charge is 2.26. The van der Waals surface area contributed by atoms with Gasteiger partial charge in [-0.15, -0.1) is 0 Å². The number of fused-ring (bicyclic) bond motifs is 1. The highest BCUT2D eigenvalue weighted by molar-refractivity contribution is 7.89. The zero-order chi connectivity index (χ0) is 25.2. The lowest BCUT2D eigenvalue weighted by Crippen LogP contribution is -2.37. The second kappa shape index (κ2) is 9.77. The first-order chi connectivity index (χ1) is 16.1. The van der Waals surface area contributed by atoms with Crippen molar-refractivity contribution in [2.24, 2.45) is 14.1 Å². The smallest absolute Gasteiger partial charge is 0.332 e. The number of amides is 1. The number of carbonyl (C=O) groups is 1. The number of nitrogens with zero attached hydrogens (tertiary/aromatic N) is 4. The van der Waals surface area contributed by atoms with Crippen LogP contribution in [0.2, 0.25) is 0 Å². The van der Waals surface area contributed by atoms with Crippen molar-refractivity contribution in [1.29, 1.82) is 0 Å². The molecular formula is C22H27N5O6S. The van der Waals surface area contributed by atoms with Crippen LogP contribution in [-0.4, -0.2) is 52.4 Å². The van der Waals surface area contributed by atoms with Gasteiger partial charge in [0.25, 0.3) is 11.5 Å². The minimum absolute atomic E-state index is 0.0437. The predicted octanol–water partition coefficient (Wildman–Crippen LogP) is 1.31. The first kappa shape index (κ1) is 25.1. The summed E-state index contributed by atoms with van der Waals surface area (Å²) < 4.78 is 35.2. The Morgan fingerprint density at radius 2 is 1.74 bits per heavy atom. The molecule has 1 N–H and O–H groups in total. The Balaban J connectivity index is 2.03. The Bertz CT molecular complexity index is 1470. The van der Waals surface area contributed by atoms with Crippen molar-refractivity contribution in [3.63, 3.8) is 0 Å². The van der Waals surface area contributed by atoms with E-state index in [-0.39, 0.29) is 52.8 Å². The first-order valence-corrected chi connectivity index (χ1v) is 12.2. The van der Waals surface area contributed by atoms with Gasteiger partial charge in [0.1, 0.15) is 22.0 Å². The number of ether oxygens (including phenoxy) is 1. The van der Waals surface area contributed by atoms with Crippen LogP contribution < -0.4 is 21.3 Å². The second-order valence-electron chi connectivity index (χ2n) is 7.41. The van der Waals surface area contributed by atoms with Crippen molar-refractivity contribution in [1.82, 2.24) is 18.4 Å². The summed E-state index contributed by atoms with van der Waals surface area (Å²) in [5.74, 6) is -0.451. The van der Waals surface area contributed by atoms with Crippen LogP contribution in [0, 0.1) is 0 Å². The molecule has 12 heteroatoms. The molecule has 0 atom stereocenters. The third-order valence-electron chi connectivity index (χ3n) is 5.36. The lowest BCUT2D eigenvalue weighted by Gasteiger charge is -2.21. The number of aryl methyl sites for hydroxylation is 1. The Morgan fingerprint density at radius 1 is 1.06 bits per heavy atom. The fraction of sp³-hybridized carbons (Fsp3) is 0.364. The average Bonchev–Trinajstić information content (AvgIpc) is 2.82. The molecule has 34 heavy (non-hydrogen) atoms. The van der Waals surface area contributed by atoms with Crippen LogP contribution in [0.5, 0.6) is 5.75 Å². The minimum Gasteiger partial charge on any atom is -0.492 e. The number of benzene rings is 1. The summed E-state index contributed by atoms with van der Waals surface area (Å²) in [5, 5.41) is 2.82. The van der Waals surface area contributed by atoms with Crippen LogP contribution in [0.25, 0.3) is 11.0 Å². The van der Waals surface area contributed by atoms with E-state index in [1.54, 1.807) is 20.8 Å². The van der Waals surface area contributed by atoms with Crippen LogP contribution >= 0.6 is 0 Å². The van der Waals surface area contributed by atoms with Gasteiger partial charge in [0.2, 0.25) is 10.0 Å². The summed E-state index contributed by atoms with van der Waals surface area (Å²) in [6.07, 6.45) is 0. The van der Waals surface area contributed by atoms with E-state index < -0.39 is 27.2 Å². The van der Waals surface area contributed by atoms with Gasteiger partial charge >= 0.3 is 5.69 Å². The van der Waals surface area contributed by atoms with Gasteiger partial charge in [0, 0.05) is 32.9 Å². The monoisotopic (exact) mass is 489 g/mol. The SMILES string of the molecule is CCOc1ccc(NC(=O)c2ccc3c(=O)n(C)c(=O)n(C)c3n2)cc1S(=O)(=O)N(CC)CC. The van der Waals surface area contributed by atoms with Gasteiger partial charge < -0.3 is 10.1 Å². The van der Waals surface area contributed by atoms with E-state index in [1.165, 1.54) is 53.3 Å². The first-order valence-electron chi connectivity index (χ1n) is 10.7. The van der Waals surface area contributed by atoms with Crippen LogP contribution in [0.3, 0.4) is 0 Å². The number of hydrogen-bond acceptors (Lipinski definition) is 7. The lowest BCUT2D eigenvalue weighted by atomic mass is 10.2. The van der Waals surface area contributed by atoms with Gasteiger partial charge in [0.15, 0.2) is 0 Å². The van der Waals surface area contributed by atoms with Crippen LogP contribution in [0.4, 0.5) is 5.69 Å². The van der Waals surface area contributed by atoms with E-state index >= 15 is 0 Å². The van der Waals surface area contributed by atoms with Crippen LogP contribution in [0.15, 0.2) is 44.8 Å². The highest BCUT2D eigenvalue weighted by Crippen LogP contribution is 2.30. The summed E-state index contributed by atoms with van der Waals surface area (Å²) in [5.41, 5.74) is -0.843. The zero-order valence-corrected chi connectivity index (χ0v) is 20.5. The Labute approximate surface area is 196 Å². The van der Waals surface area contributed by atoms with Crippen molar-refractivity contribution in [2.45, 2.75) is 25.7 Å². The number of carbonyl (C=O) groups excluding carboxylic acids is 1. The Hall–Kier alpha value is -3.51. The largest absolute Gasteiger partial charge is 0.492 e. The summed E-state index contributed by atoms with van der Waals surface area (Å²) in [6.45, 7) is 6.04. The Morgan fingerprint density at radius 3 is 2.35 bits per heavy atom. The van der Waals surface area contributed by atoms with Crippen molar-refractivity contribution in [3.05, 3.63) is 56.9 Å². The molecule has 3 rings (SSSR count). The predicted molar refractivity (Wildman–Crippen MR) is 128 cm³/mol. The molecule has 0 fully saturated rings. The molecular weight excluding hydrogens is 462 g/mol. The molecule has 11 nitrogen and oxygen atoms in total. The number of nitrogens with one attached hydrogen (secondary N) is 1. The third kappa shape index (κ3) is 4.46. The normalized spacial score (nSPS) is 11.7. The second-order valence-corrected chi connectivity index (χ2v) is 9.32.